The van der Waals surface area contributed by atoms with Gasteiger partial charge < -0.3 is 9.64 Å². The van der Waals surface area contributed by atoms with E-state index in [1.807, 2.05) is 4.90 Å². The lowest BCUT2D eigenvalue weighted by Crippen LogP contribution is -2.57. The highest BCUT2D eigenvalue weighted by atomic mass is 32.2. The summed E-state index contributed by atoms with van der Waals surface area (Å²) in [4.78, 5) is 29.5. The van der Waals surface area contributed by atoms with Crippen LogP contribution in [0.2, 0.25) is 0 Å². The lowest BCUT2D eigenvalue weighted by atomic mass is 9.96. The molecular formula is C31H29F2N5O4S. The van der Waals surface area contributed by atoms with E-state index in [1.54, 1.807) is 49.9 Å². The number of halogens is 2. The Bertz CT molecular complexity index is 1960. The van der Waals surface area contributed by atoms with Crippen molar-refractivity contribution in [1.29, 1.82) is 0 Å². The monoisotopic (exact) mass is 605 g/mol. The molecule has 2 saturated heterocycles. The van der Waals surface area contributed by atoms with Crippen molar-refractivity contribution in [3.05, 3.63) is 53.7 Å². The summed E-state index contributed by atoms with van der Waals surface area (Å²) in [6.45, 7) is 6.09. The largest absolute Gasteiger partial charge is 0.444 e. The zero-order chi connectivity index (χ0) is 30.8. The number of terminal acetylenes is 1. The molecule has 2 bridgehead atoms. The standard InChI is InChI=1S/C31H29F2N5O4S/c1-6-20-23(32)13-10-17-8-7-9-21(24(17)20)26-25(33)27-22(14-34-26)28(36-29(35-27)43(5,40)41)37-15-18-11-12-19(16-37)38(18)30(39)42-31(2,3)4/h1,7-10,13-14,18-19H,11-12,15-16H2,2-5H3. The smallest absolute Gasteiger partial charge is 0.410 e. The number of fused-ring (bicyclic) bond motifs is 4. The summed E-state index contributed by atoms with van der Waals surface area (Å²) in [5.41, 5.74) is -0.840. The van der Waals surface area contributed by atoms with Gasteiger partial charge in [-0.1, -0.05) is 30.2 Å². The first kappa shape index (κ1) is 28.7. The predicted molar refractivity (Wildman–Crippen MR) is 158 cm³/mol. The van der Waals surface area contributed by atoms with Crippen molar-refractivity contribution >= 4 is 43.4 Å². The summed E-state index contributed by atoms with van der Waals surface area (Å²) < 4.78 is 62.1. The number of hydrogen-bond acceptors (Lipinski definition) is 8. The molecule has 2 atom stereocenters. The molecule has 2 fully saturated rings. The third kappa shape index (κ3) is 5.01. The molecule has 4 aromatic rings. The second-order valence-corrected chi connectivity index (χ2v) is 13.8. The van der Waals surface area contributed by atoms with Gasteiger partial charge in [-0.25, -0.2) is 32.0 Å². The van der Waals surface area contributed by atoms with Crippen LogP contribution in [0.4, 0.5) is 19.4 Å². The van der Waals surface area contributed by atoms with Crippen LogP contribution < -0.4 is 4.90 Å². The van der Waals surface area contributed by atoms with E-state index in [-0.39, 0.29) is 45.6 Å². The number of benzene rings is 2. The number of sulfone groups is 1. The van der Waals surface area contributed by atoms with Crippen LogP contribution in [0.5, 0.6) is 0 Å². The van der Waals surface area contributed by atoms with Gasteiger partial charge in [-0.3, -0.25) is 9.88 Å². The number of pyridine rings is 1. The van der Waals surface area contributed by atoms with Crippen LogP contribution in [0.3, 0.4) is 0 Å². The molecule has 2 aromatic carbocycles. The van der Waals surface area contributed by atoms with Crippen LogP contribution in [-0.2, 0) is 14.6 Å². The fourth-order valence-electron chi connectivity index (χ4n) is 6.00. The first-order valence-corrected chi connectivity index (χ1v) is 15.7. The summed E-state index contributed by atoms with van der Waals surface area (Å²) in [7, 11) is -3.95. The lowest BCUT2D eigenvalue weighted by Gasteiger charge is -2.42. The van der Waals surface area contributed by atoms with Crippen molar-refractivity contribution in [2.75, 3.05) is 24.2 Å². The predicted octanol–water partition coefficient (Wildman–Crippen LogP) is 5.10. The Balaban J connectivity index is 1.49. The number of amides is 1. The average molecular weight is 606 g/mol. The van der Waals surface area contributed by atoms with Crippen LogP contribution >= 0.6 is 0 Å². The van der Waals surface area contributed by atoms with E-state index < -0.39 is 38.3 Å². The topological polar surface area (TPSA) is 106 Å². The van der Waals surface area contributed by atoms with Crippen molar-refractivity contribution in [3.63, 3.8) is 0 Å². The van der Waals surface area contributed by atoms with Crippen molar-refractivity contribution in [2.45, 2.75) is 56.5 Å². The van der Waals surface area contributed by atoms with Crippen molar-refractivity contribution < 1.29 is 26.7 Å². The van der Waals surface area contributed by atoms with E-state index in [4.69, 9.17) is 11.2 Å². The Hall–Kier alpha value is -4.37. The molecule has 0 saturated carbocycles. The normalized spacial score (nSPS) is 18.7. The van der Waals surface area contributed by atoms with Gasteiger partial charge in [0.05, 0.1) is 23.0 Å². The SMILES string of the molecule is C#Cc1c(F)ccc2cccc(-c3ncc4c(N5CC6CCC(C5)N6C(=O)OC(C)(C)C)nc(S(C)(=O)=O)nc4c3F)c12. The quantitative estimate of drug-likeness (QED) is 0.235. The highest BCUT2D eigenvalue weighted by molar-refractivity contribution is 7.90. The molecule has 0 N–H and O–H groups in total. The number of aromatic nitrogens is 3. The maximum absolute atomic E-state index is 16.4. The van der Waals surface area contributed by atoms with Crippen LogP contribution in [-0.4, -0.2) is 71.4 Å². The molecule has 6 rings (SSSR count). The van der Waals surface area contributed by atoms with Gasteiger partial charge in [-0.05, 0) is 45.1 Å². The lowest BCUT2D eigenvalue weighted by molar-refractivity contribution is 0.0123. The van der Waals surface area contributed by atoms with Crippen LogP contribution in [0.1, 0.15) is 39.2 Å². The van der Waals surface area contributed by atoms with Gasteiger partial charge >= 0.3 is 6.09 Å². The van der Waals surface area contributed by atoms with Gasteiger partial charge in [0.25, 0.3) is 0 Å². The number of nitrogens with zero attached hydrogens (tertiary/aromatic N) is 5. The van der Waals surface area contributed by atoms with E-state index in [9.17, 15) is 17.6 Å². The molecule has 2 unspecified atom stereocenters. The maximum Gasteiger partial charge on any atom is 0.410 e. The van der Waals surface area contributed by atoms with Gasteiger partial charge in [-0.2, -0.15) is 0 Å². The van der Waals surface area contributed by atoms with Crippen LogP contribution in [0, 0.1) is 24.0 Å². The highest BCUT2D eigenvalue weighted by Crippen LogP contribution is 2.39. The third-order valence-corrected chi connectivity index (χ3v) is 8.60. The Kier molecular flexibility index (Phi) is 6.76. The average Bonchev–Trinajstić information content (AvgIpc) is 3.21. The molecule has 12 heteroatoms. The first-order valence-electron chi connectivity index (χ1n) is 13.8. The Morgan fingerprint density at radius 2 is 1.79 bits per heavy atom. The second kappa shape index (κ2) is 10.1. The Labute approximate surface area is 247 Å². The molecule has 4 heterocycles. The summed E-state index contributed by atoms with van der Waals surface area (Å²) in [5.74, 6) is 1.04. The minimum atomic E-state index is -3.95. The third-order valence-electron chi connectivity index (χ3n) is 7.76. The minimum absolute atomic E-state index is 0.0343. The van der Waals surface area contributed by atoms with Crippen molar-refractivity contribution in [1.82, 2.24) is 19.9 Å². The second-order valence-electron chi connectivity index (χ2n) is 11.9. The Morgan fingerprint density at radius 1 is 1.09 bits per heavy atom. The van der Waals surface area contributed by atoms with Gasteiger partial charge in [0, 0.05) is 36.5 Å². The summed E-state index contributed by atoms with van der Waals surface area (Å²) in [6, 6.07) is 7.36. The van der Waals surface area contributed by atoms with E-state index in [1.165, 1.54) is 12.3 Å². The van der Waals surface area contributed by atoms with Gasteiger partial charge in [0.1, 0.15) is 28.4 Å². The molecule has 0 aliphatic carbocycles. The molecule has 43 heavy (non-hydrogen) atoms. The fraction of sp³-hybridized carbons (Fsp3) is 0.355. The van der Waals surface area contributed by atoms with Gasteiger partial charge in [0.2, 0.25) is 15.0 Å². The van der Waals surface area contributed by atoms with Crippen LogP contribution in [0.15, 0.2) is 41.7 Å². The molecule has 0 spiro atoms. The zero-order valence-electron chi connectivity index (χ0n) is 24.1. The zero-order valence-corrected chi connectivity index (χ0v) is 24.9. The summed E-state index contributed by atoms with van der Waals surface area (Å²) in [5, 5.41) is 0.568. The molecule has 1 amide bonds. The van der Waals surface area contributed by atoms with E-state index in [0.29, 0.717) is 23.9 Å². The van der Waals surface area contributed by atoms with Crippen molar-refractivity contribution in [3.8, 4) is 23.6 Å². The Morgan fingerprint density at radius 3 is 2.42 bits per heavy atom. The van der Waals surface area contributed by atoms with Gasteiger partial charge in [0.15, 0.2) is 5.82 Å². The molecule has 2 aromatic heterocycles. The number of carbonyl (C=O) groups is 1. The van der Waals surface area contributed by atoms with Gasteiger partial charge in [-0.15, -0.1) is 6.42 Å². The van der Waals surface area contributed by atoms with E-state index in [0.717, 1.165) is 19.1 Å². The molecule has 0 radical (unpaired) electrons. The molecule has 9 nitrogen and oxygen atoms in total. The minimum Gasteiger partial charge on any atom is -0.444 e. The maximum atomic E-state index is 16.4. The van der Waals surface area contributed by atoms with E-state index in [2.05, 4.69) is 20.9 Å². The number of rotatable bonds is 3. The van der Waals surface area contributed by atoms with E-state index >= 15 is 4.39 Å². The highest BCUT2D eigenvalue weighted by Gasteiger charge is 2.45. The number of hydrogen-bond donors (Lipinski definition) is 0. The number of anilines is 1. The number of ether oxygens (including phenoxy) is 1. The number of carbonyl (C=O) groups excluding carboxylic acids is 1. The number of piperazine rings is 1. The first-order chi connectivity index (χ1) is 20.3. The molecular weight excluding hydrogens is 576 g/mol. The summed E-state index contributed by atoms with van der Waals surface area (Å²) in [6.07, 6.45) is 9.02. The molecule has 2 aliphatic heterocycles. The molecule has 2 aliphatic rings. The van der Waals surface area contributed by atoms with Crippen LogP contribution in [0.25, 0.3) is 32.9 Å². The van der Waals surface area contributed by atoms with Crippen molar-refractivity contribution in [2.24, 2.45) is 0 Å². The fourth-order valence-corrected chi connectivity index (χ4v) is 6.51. The summed E-state index contributed by atoms with van der Waals surface area (Å²) >= 11 is 0. The molecule has 222 valence electrons.